The molecule has 0 saturated carbocycles. The number of benzene rings is 2. The van der Waals surface area contributed by atoms with E-state index in [-0.39, 0.29) is 5.75 Å². The minimum atomic E-state index is 0.104. The first-order valence-corrected chi connectivity index (χ1v) is 7.65. The SMILES string of the molecule is CCOc1ccc(/C=N\Nc2nc3ccccc3nc2C)c(O)c1. The Labute approximate surface area is 139 Å². The molecule has 3 rings (SSSR count). The van der Waals surface area contributed by atoms with E-state index in [1.807, 2.05) is 38.1 Å². The van der Waals surface area contributed by atoms with Crippen molar-refractivity contribution >= 4 is 23.1 Å². The number of rotatable bonds is 5. The predicted octanol–water partition coefficient (Wildman–Crippen LogP) is 3.49. The van der Waals surface area contributed by atoms with E-state index in [0.717, 1.165) is 16.7 Å². The van der Waals surface area contributed by atoms with Gasteiger partial charge in [0.05, 0.1) is 29.5 Å². The van der Waals surface area contributed by atoms with Gasteiger partial charge >= 0.3 is 0 Å². The van der Waals surface area contributed by atoms with Crippen LogP contribution in [0.5, 0.6) is 11.5 Å². The summed E-state index contributed by atoms with van der Waals surface area (Å²) in [4.78, 5) is 8.98. The summed E-state index contributed by atoms with van der Waals surface area (Å²) in [5, 5.41) is 14.1. The number of fused-ring (bicyclic) bond motifs is 1. The van der Waals surface area contributed by atoms with Crippen molar-refractivity contribution in [3.05, 3.63) is 53.7 Å². The average molecular weight is 322 g/mol. The van der Waals surface area contributed by atoms with Gasteiger partial charge in [-0.15, -0.1) is 0 Å². The van der Waals surface area contributed by atoms with Gasteiger partial charge in [-0.05, 0) is 38.1 Å². The second-order valence-corrected chi connectivity index (χ2v) is 5.17. The summed E-state index contributed by atoms with van der Waals surface area (Å²) in [7, 11) is 0. The van der Waals surface area contributed by atoms with E-state index in [1.165, 1.54) is 6.21 Å². The molecule has 0 aliphatic rings. The predicted molar refractivity (Wildman–Crippen MR) is 94.8 cm³/mol. The van der Waals surface area contributed by atoms with Crippen molar-refractivity contribution in [3.8, 4) is 11.5 Å². The number of anilines is 1. The second kappa shape index (κ2) is 6.95. The van der Waals surface area contributed by atoms with Crippen molar-refractivity contribution in [1.29, 1.82) is 0 Å². The molecule has 2 N–H and O–H groups in total. The van der Waals surface area contributed by atoms with Crippen molar-refractivity contribution < 1.29 is 9.84 Å². The quantitative estimate of drug-likeness (QED) is 0.555. The highest BCUT2D eigenvalue weighted by Crippen LogP contribution is 2.22. The van der Waals surface area contributed by atoms with Gasteiger partial charge in [0.15, 0.2) is 5.82 Å². The number of aryl methyl sites for hydroxylation is 1. The van der Waals surface area contributed by atoms with Gasteiger partial charge in [-0.25, -0.2) is 9.97 Å². The van der Waals surface area contributed by atoms with Gasteiger partial charge in [0, 0.05) is 11.6 Å². The van der Waals surface area contributed by atoms with Gasteiger partial charge < -0.3 is 9.84 Å². The topological polar surface area (TPSA) is 79.6 Å². The van der Waals surface area contributed by atoms with Crippen LogP contribution in [0.2, 0.25) is 0 Å². The lowest BCUT2D eigenvalue weighted by Gasteiger charge is -2.06. The van der Waals surface area contributed by atoms with Crippen LogP contribution in [0.15, 0.2) is 47.6 Å². The maximum atomic E-state index is 9.98. The van der Waals surface area contributed by atoms with Crippen LogP contribution in [-0.4, -0.2) is 27.9 Å². The fraction of sp³-hybridized carbons (Fsp3) is 0.167. The summed E-state index contributed by atoms with van der Waals surface area (Å²) in [5.41, 5.74) is 5.84. The third-order valence-corrected chi connectivity index (χ3v) is 3.43. The molecule has 0 radical (unpaired) electrons. The molecule has 6 nitrogen and oxygen atoms in total. The van der Waals surface area contributed by atoms with Crippen LogP contribution >= 0.6 is 0 Å². The highest BCUT2D eigenvalue weighted by molar-refractivity contribution is 5.84. The number of para-hydroxylation sites is 2. The van der Waals surface area contributed by atoms with Gasteiger partial charge in [0.25, 0.3) is 0 Å². The highest BCUT2D eigenvalue weighted by atomic mass is 16.5. The highest BCUT2D eigenvalue weighted by Gasteiger charge is 2.04. The first-order valence-electron chi connectivity index (χ1n) is 7.65. The first kappa shape index (κ1) is 15.7. The Kier molecular flexibility index (Phi) is 4.56. The first-order chi connectivity index (χ1) is 11.7. The summed E-state index contributed by atoms with van der Waals surface area (Å²) < 4.78 is 5.33. The zero-order valence-corrected chi connectivity index (χ0v) is 13.5. The summed E-state index contributed by atoms with van der Waals surface area (Å²) in [6, 6.07) is 12.7. The Morgan fingerprint density at radius 1 is 1.17 bits per heavy atom. The Morgan fingerprint density at radius 2 is 1.92 bits per heavy atom. The molecule has 1 heterocycles. The molecule has 3 aromatic rings. The van der Waals surface area contributed by atoms with Crippen LogP contribution < -0.4 is 10.2 Å². The van der Waals surface area contributed by atoms with Gasteiger partial charge in [-0.1, -0.05) is 12.1 Å². The van der Waals surface area contributed by atoms with Crippen LogP contribution in [0.4, 0.5) is 5.82 Å². The number of nitrogens with one attached hydrogen (secondary N) is 1. The van der Waals surface area contributed by atoms with E-state index in [9.17, 15) is 5.11 Å². The molecule has 0 unspecified atom stereocenters. The monoisotopic (exact) mass is 322 g/mol. The third kappa shape index (κ3) is 3.43. The summed E-state index contributed by atoms with van der Waals surface area (Å²) in [6.07, 6.45) is 1.53. The van der Waals surface area contributed by atoms with Crippen molar-refractivity contribution in [1.82, 2.24) is 9.97 Å². The van der Waals surface area contributed by atoms with E-state index in [0.29, 0.717) is 23.7 Å². The normalized spacial score (nSPS) is 11.1. The minimum absolute atomic E-state index is 0.104. The van der Waals surface area contributed by atoms with Gasteiger partial charge in [-0.3, -0.25) is 5.43 Å². The van der Waals surface area contributed by atoms with Crippen LogP contribution in [0.1, 0.15) is 18.2 Å². The molecular weight excluding hydrogens is 304 g/mol. The molecule has 122 valence electrons. The lowest BCUT2D eigenvalue weighted by atomic mass is 10.2. The van der Waals surface area contributed by atoms with Crippen molar-refractivity contribution in [2.24, 2.45) is 5.10 Å². The molecule has 24 heavy (non-hydrogen) atoms. The van der Waals surface area contributed by atoms with Gasteiger partial charge in [0.1, 0.15) is 11.5 Å². The van der Waals surface area contributed by atoms with E-state index in [4.69, 9.17) is 4.74 Å². The fourth-order valence-electron chi connectivity index (χ4n) is 2.25. The van der Waals surface area contributed by atoms with Gasteiger partial charge in [0.2, 0.25) is 0 Å². The van der Waals surface area contributed by atoms with Crippen LogP contribution in [0.25, 0.3) is 11.0 Å². The molecule has 0 spiro atoms. The molecule has 0 atom stereocenters. The van der Waals surface area contributed by atoms with Crippen molar-refractivity contribution in [3.63, 3.8) is 0 Å². The minimum Gasteiger partial charge on any atom is -0.507 e. The Bertz CT molecular complexity index is 893. The molecule has 1 aromatic heterocycles. The molecule has 6 heteroatoms. The number of aromatic nitrogens is 2. The number of hydrazone groups is 1. The lowest BCUT2D eigenvalue weighted by Crippen LogP contribution is -1.99. The molecule has 0 aliphatic carbocycles. The van der Waals surface area contributed by atoms with Crippen LogP contribution in [0.3, 0.4) is 0 Å². The third-order valence-electron chi connectivity index (χ3n) is 3.43. The van der Waals surface area contributed by atoms with Crippen molar-refractivity contribution in [2.45, 2.75) is 13.8 Å². The van der Waals surface area contributed by atoms with E-state index >= 15 is 0 Å². The van der Waals surface area contributed by atoms with E-state index in [1.54, 1.807) is 18.2 Å². The Hall–Kier alpha value is -3.15. The molecule has 0 aliphatic heterocycles. The number of phenolic OH excluding ortho intramolecular Hbond substituents is 1. The summed E-state index contributed by atoms with van der Waals surface area (Å²) in [5.74, 6) is 1.31. The molecule has 0 bridgehead atoms. The summed E-state index contributed by atoms with van der Waals surface area (Å²) in [6.45, 7) is 4.31. The van der Waals surface area contributed by atoms with Crippen LogP contribution in [0, 0.1) is 6.92 Å². The molecule has 0 amide bonds. The number of aromatic hydroxyl groups is 1. The van der Waals surface area contributed by atoms with Crippen molar-refractivity contribution in [2.75, 3.05) is 12.0 Å². The Morgan fingerprint density at radius 3 is 2.62 bits per heavy atom. The van der Waals surface area contributed by atoms with Gasteiger partial charge in [-0.2, -0.15) is 5.10 Å². The number of nitrogens with zero attached hydrogens (tertiary/aromatic N) is 3. The smallest absolute Gasteiger partial charge is 0.168 e. The number of phenols is 1. The van der Waals surface area contributed by atoms with E-state index in [2.05, 4.69) is 20.5 Å². The molecule has 2 aromatic carbocycles. The average Bonchev–Trinajstić information content (AvgIpc) is 2.57. The van der Waals surface area contributed by atoms with E-state index < -0.39 is 0 Å². The van der Waals surface area contributed by atoms with Crippen LogP contribution in [-0.2, 0) is 0 Å². The lowest BCUT2D eigenvalue weighted by molar-refractivity contribution is 0.337. The maximum absolute atomic E-state index is 9.98. The Balaban J connectivity index is 1.78. The maximum Gasteiger partial charge on any atom is 0.168 e. The zero-order chi connectivity index (χ0) is 16.9. The number of hydrogen-bond donors (Lipinski definition) is 2. The fourth-order valence-corrected chi connectivity index (χ4v) is 2.25. The largest absolute Gasteiger partial charge is 0.507 e. The summed E-state index contributed by atoms with van der Waals surface area (Å²) >= 11 is 0. The standard InChI is InChI=1S/C18H18N4O2/c1-3-24-14-9-8-13(17(23)10-14)11-19-22-18-12(2)20-15-6-4-5-7-16(15)21-18/h4-11,23H,3H2,1-2H3,(H,21,22)/b19-11-. The second-order valence-electron chi connectivity index (χ2n) is 5.17. The molecule has 0 fully saturated rings. The number of ether oxygens (including phenoxy) is 1. The zero-order valence-electron chi connectivity index (χ0n) is 13.5. The molecular formula is C18H18N4O2. The molecule has 0 saturated heterocycles. The number of hydrogen-bond acceptors (Lipinski definition) is 6.